The van der Waals surface area contributed by atoms with E-state index in [1.807, 2.05) is 24.3 Å². The summed E-state index contributed by atoms with van der Waals surface area (Å²) >= 11 is 0. The molecule has 3 heteroatoms. The van der Waals surface area contributed by atoms with Crippen LogP contribution in [0.2, 0.25) is 0 Å². The number of benzene rings is 6. The molecule has 40 heavy (non-hydrogen) atoms. The topological polar surface area (TPSA) is 43.4 Å². The van der Waals surface area contributed by atoms with Crippen molar-refractivity contribution >= 4 is 22.3 Å². The molecule has 1 aliphatic rings. The highest BCUT2D eigenvalue weighted by Gasteiger charge is 2.46. The average Bonchev–Trinajstić information content (AvgIpc) is 3.01. The third-order valence-corrected chi connectivity index (χ3v) is 7.73. The lowest BCUT2D eigenvalue weighted by atomic mass is 9.92. The van der Waals surface area contributed by atoms with E-state index in [2.05, 4.69) is 137 Å². The summed E-state index contributed by atoms with van der Waals surface area (Å²) in [5.41, 5.74) is 8.98. The number of hydrogen-bond donors (Lipinski definition) is 1. The van der Waals surface area contributed by atoms with Gasteiger partial charge in [0, 0.05) is 12.1 Å². The van der Waals surface area contributed by atoms with Crippen molar-refractivity contribution < 1.29 is 9.89 Å². The molecule has 1 atom stereocenters. The molecule has 0 fully saturated rings. The summed E-state index contributed by atoms with van der Waals surface area (Å²) in [5, 5.41) is 14.0. The van der Waals surface area contributed by atoms with Gasteiger partial charge in [-0.15, -0.1) is 0 Å². The highest BCUT2D eigenvalue weighted by Crippen LogP contribution is 2.34. The van der Waals surface area contributed by atoms with E-state index in [0.717, 1.165) is 11.1 Å². The maximum absolute atomic E-state index is 9.21. The number of para-hydroxylation sites is 1. The number of rotatable bonds is 5. The molecule has 6 aromatic carbocycles. The second-order valence-corrected chi connectivity index (χ2v) is 10.1. The van der Waals surface area contributed by atoms with Gasteiger partial charge in [-0.3, -0.25) is 0 Å². The predicted octanol–water partition coefficient (Wildman–Crippen LogP) is 7.41. The van der Waals surface area contributed by atoms with Crippen molar-refractivity contribution in [3.8, 4) is 28.3 Å². The first-order valence-electron chi connectivity index (χ1n) is 13.5. The molecule has 1 aliphatic heterocycles. The first kappa shape index (κ1) is 23.8. The van der Waals surface area contributed by atoms with Gasteiger partial charge in [-0.05, 0) is 75.5 Å². The van der Waals surface area contributed by atoms with Crippen LogP contribution in [0.5, 0.6) is 0 Å². The lowest BCUT2D eigenvalue weighted by molar-refractivity contribution is -0.866. The molecule has 0 aromatic heterocycles. The maximum Gasteiger partial charge on any atom is 0.384 e. The summed E-state index contributed by atoms with van der Waals surface area (Å²) in [6, 6.07) is 53.3. The minimum absolute atomic E-state index is 0.208. The van der Waals surface area contributed by atoms with Gasteiger partial charge in [-0.25, -0.2) is 0 Å². The number of nitriles is 1. The fourth-order valence-electron chi connectivity index (χ4n) is 5.68. The zero-order valence-corrected chi connectivity index (χ0v) is 21.9. The third kappa shape index (κ3) is 4.27. The molecule has 3 nitrogen and oxygen atoms in total. The van der Waals surface area contributed by atoms with Crippen LogP contribution < -0.4 is 5.32 Å². The zero-order valence-electron chi connectivity index (χ0n) is 21.9. The van der Waals surface area contributed by atoms with Crippen LogP contribution in [0.1, 0.15) is 22.9 Å². The number of nitrogens with zero attached hydrogens (tertiary/aromatic N) is 2. The Balaban J connectivity index is 1.32. The lowest BCUT2D eigenvalue weighted by Gasteiger charge is -2.23. The van der Waals surface area contributed by atoms with Crippen LogP contribution in [0.4, 0.5) is 5.69 Å². The van der Waals surface area contributed by atoms with Gasteiger partial charge in [0.05, 0.1) is 17.2 Å². The quantitative estimate of drug-likeness (QED) is 0.240. The van der Waals surface area contributed by atoms with E-state index in [0.29, 0.717) is 5.56 Å². The summed E-state index contributed by atoms with van der Waals surface area (Å²) in [5.74, 6) is 1.23. The van der Waals surface area contributed by atoms with Crippen molar-refractivity contribution in [2.45, 2.75) is 6.17 Å². The van der Waals surface area contributed by atoms with Crippen LogP contribution in [-0.4, -0.2) is 10.4 Å². The Bertz CT molecular complexity index is 1920. The number of nitrogens with two attached hydrogens (primary N) is 1. The number of hydrogen-bond acceptors (Lipinski definition) is 1. The van der Waals surface area contributed by atoms with Crippen LogP contribution in [0.25, 0.3) is 33.0 Å². The van der Waals surface area contributed by atoms with Gasteiger partial charge in [0.1, 0.15) is 5.56 Å². The van der Waals surface area contributed by atoms with Crippen molar-refractivity contribution in [3.63, 3.8) is 0 Å². The third-order valence-electron chi connectivity index (χ3n) is 7.73. The van der Waals surface area contributed by atoms with Crippen molar-refractivity contribution in [2.75, 3.05) is 0 Å². The van der Waals surface area contributed by atoms with E-state index < -0.39 is 0 Å². The summed E-state index contributed by atoms with van der Waals surface area (Å²) in [7, 11) is 0. The standard InChI is InChI=1S/C37H25N3/c38-25-26-15-17-28(18-16-26)34-13-7-8-14-35(34)30-21-19-27-20-22-31(24-32(27)23-30)37-39-36(29-9-3-1-4-10-29)40(37)33-11-5-2-6-12-33/h1-24,36H/p+2. The molecule has 0 bridgehead atoms. The first-order chi connectivity index (χ1) is 19.8. The van der Waals surface area contributed by atoms with Crippen molar-refractivity contribution in [1.82, 2.24) is 0 Å². The van der Waals surface area contributed by atoms with Gasteiger partial charge in [0.2, 0.25) is 5.69 Å². The second kappa shape index (κ2) is 10.1. The molecule has 1 heterocycles. The molecule has 1 unspecified atom stereocenters. The van der Waals surface area contributed by atoms with Crippen molar-refractivity contribution in [2.24, 2.45) is 0 Å². The van der Waals surface area contributed by atoms with Crippen LogP contribution >= 0.6 is 0 Å². The van der Waals surface area contributed by atoms with E-state index in [1.165, 1.54) is 44.5 Å². The molecule has 0 saturated heterocycles. The minimum Gasteiger partial charge on any atom is -0.195 e. The number of fused-ring (bicyclic) bond motifs is 1. The molecule has 0 amide bonds. The molecular weight excluding hydrogens is 486 g/mol. The average molecular weight is 514 g/mol. The second-order valence-electron chi connectivity index (χ2n) is 10.1. The summed E-state index contributed by atoms with van der Waals surface area (Å²) in [4.78, 5) is 0. The Hall–Kier alpha value is -5.30. The monoisotopic (exact) mass is 513 g/mol. The molecule has 0 aliphatic carbocycles. The number of amidine groups is 1. The fourth-order valence-corrected chi connectivity index (χ4v) is 5.68. The summed E-state index contributed by atoms with van der Waals surface area (Å²) < 4.78 is 2.43. The Morgan fingerprint density at radius 1 is 0.550 bits per heavy atom. The molecular formula is C37H27N3+2. The molecule has 0 radical (unpaired) electrons. The zero-order chi connectivity index (χ0) is 26.9. The van der Waals surface area contributed by atoms with Crippen LogP contribution in [0, 0.1) is 11.3 Å². The van der Waals surface area contributed by atoms with Gasteiger partial charge in [-0.1, -0.05) is 95.6 Å². The largest absolute Gasteiger partial charge is 0.384 e. The summed E-state index contributed by atoms with van der Waals surface area (Å²) in [6.07, 6.45) is 0.208. The Morgan fingerprint density at radius 3 is 1.82 bits per heavy atom. The molecule has 0 spiro atoms. The lowest BCUT2D eigenvalue weighted by Crippen LogP contribution is -2.99. The molecule has 2 N–H and O–H groups in total. The molecule has 7 rings (SSSR count). The SMILES string of the molecule is N#Cc1ccc(-c2ccccc2-c2ccc3ccc(C4=[N+](c5ccccc5)C(c5ccccc5)[NH2+]4)cc3c2)cc1. The van der Waals surface area contributed by atoms with Crippen LogP contribution in [0.15, 0.2) is 146 Å². The fraction of sp³-hybridized carbons (Fsp3) is 0.0270. The molecule has 0 saturated carbocycles. The highest BCUT2D eigenvalue weighted by atomic mass is 15.3. The Labute approximate surface area is 233 Å². The van der Waals surface area contributed by atoms with E-state index >= 15 is 0 Å². The Kier molecular flexibility index (Phi) is 6.01. The van der Waals surface area contributed by atoms with E-state index in [-0.39, 0.29) is 6.17 Å². The molecule has 6 aromatic rings. The highest BCUT2D eigenvalue weighted by molar-refractivity contribution is 5.97. The van der Waals surface area contributed by atoms with Crippen molar-refractivity contribution in [3.05, 3.63) is 162 Å². The predicted molar refractivity (Wildman–Crippen MR) is 161 cm³/mol. The smallest absolute Gasteiger partial charge is 0.195 e. The first-order valence-corrected chi connectivity index (χ1v) is 13.5. The van der Waals surface area contributed by atoms with E-state index in [4.69, 9.17) is 0 Å². The molecule has 188 valence electrons. The summed E-state index contributed by atoms with van der Waals surface area (Å²) in [6.45, 7) is 0. The van der Waals surface area contributed by atoms with Gasteiger partial charge < -0.3 is 0 Å². The maximum atomic E-state index is 9.21. The van der Waals surface area contributed by atoms with E-state index in [9.17, 15) is 5.26 Å². The van der Waals surface area contributed by atoms with Crippen LogP contribution in [0.3, 0.4) is 0 Å². The Morgan fingerprint density at radius 2 is 1.12 bits per heavy atom. The van der Waals surface area contributed by atoms with Gasteiger partial charge >= 0.3 is 12.0 Å². The van der Waals surface area contributed by atoms with E-state index in [1.54, 1.807) is 0 Å². The van der Waals surface area contributed by atoms with Gasteiger partial charge in [0.25, 0.3) is 0 Å². The normalized spacial score (nSPS) is 14.5. The minimum atomic E-state index is 0.208. The van der Waals surface area contributed by atoms with Gasteiger partial charge in [-0.2, -0.15) is 10.6 Å². The van der Waals surface area contributed by atoms with Crippen LogP contribution in [-0.2, 0) is 0 Å². The van der Waals surface area contributed by atoms with Gasteiger partial charge in [0.15, 0.2) is 0 Å². The van der Waals surface area contributed by atoms with Crippen molar-refractivity contribution in [1.29, 1.82) is 5.26 Å². The number of quaternary nitrogens is 1.